The van der Waals surface area contributed by atoms with Gasteiger partial charge >= 0.3 is 0 Å². The number of aromatic nitrogens is 2. The Labute approximate surface area is 187 Å². The Hall–Kier alpha value is -3.16. The Morgan fingerprint density at radius 3 is 2.50 bits per heavy atom. The smallest absolute Gasteiger partial charge is 0.243 e. The predicted octanol–water partition coefficient (Wildman–Crippen LogP) is 4.94. The molecule has 0 saturated heterocycles. The van der Waals surface area contributed by atoms with Crippen molar-refractivity contribution in [2.75, 3.05) is 14.1 Å². The number of imidazole rings is 1. The number of nitrogens with one attached hydrogen (secondary N) is 1. The molecule has 0 amide bonds. The van der Waals surface area contributed by atoms with E-state index in [9.17, 15) is 8.42 Å². The molecule has 164 valence electrons. The molecule has 1 aliphatic carbocycles. The number of benzene rings is 3. The highest BCUT2D eigenvalue weighted by Crippen LogP contribution is 2.40. The highest BCUT2D eigenvalue weighted by molar-refractivity contribution is 7.89. The number of hydrogen-bond acceptors (Lipinski definition) is 4. The molecular formula is C25H25N3O3S. The zero-order chi connectivity index (χ0) is 22.3. The van der Waals surface area contributed by atoms with Gasteiger partial charge in [0.2, 0.25) is 10.0 Å². The van der Waals surface area contributed by atoms with E-state index in [1.54, 1.807) is 12.1 Å². The summed E-state index contributed by atoms with van der Waals surface area (Å²) in [5.41, 5.74) is 4.49. The number of fused-ring (bicyclic) bond motifs is 1. The molecule has 1 fully saturated rings. The normalized spacial score (nSPS) is 14.2. The molecule has 0 unspecified atom stereocenters. The maximum Gasteiger partial charge on any atom is 0.243 e. The molecule has 0 spiro atoms. The predicted molar refractivity (Wildman–Crippen MR) is 125 cm³/mol. The van der Waals surface area contributed by atoms with E-state index >= 15 is 0 Å². The van der Waals surface area contributed by atoms with E-state index in [-0.39, 0.29) is 4.90 Å². The molecule has 1 N–H and O–H groups in total. The fourth-order valence-corrected chi connectivity index (χ4v) is 4.94. The zero-order valence-electron chi connectivity index (χ0n) is 18.1. The van der Waals surface area contributed by atoms with Crippen LogP contribution < -0.4 is 4.74 Å². The number of nitrogens with zero attached hydrogens (tertiary/aromatic N) is 2. The lowest BCUT2D eigenvalue weighted by Gasteiger charge is -2.15. The van der Waals surface area contributed by atoms with Crippen LogP contribution in [0.25, 0.3) is 22.2 Å². The molecule has 1 saturated carbocycles. The SMILES string of the molecule is CN(C)S(=O)(=O)c1ccccc1-c1ccc2nc(COc3ccc(C4CC4)cc3)[nH]c2c1. The number of hydrogen-bond donors (Lipinski definition) is 1. The zero-order valence-corrected chi connectivity index (χ0v) is 18.9. The molecule has 6 nitrogen and oxygen atoms in total. The van der Waals surface area contributed by atoms with Crippen molar-refractivity contribution in [3.8, 4) is 16.9 Å². The van der Waals surface area contributed by atoms with E-state index in [0.29, 0.717) is 12.2 Å². The van der Waals surface area contributed by atoms with Crippen molar-refractivity contribution in [1.29, 1.82) is 0 Å². The molecule has 0 aliphatic heterocycles. The Morgan fingerprint density at radius 1 is 1.03 bits per heavy atom. The average Bonchev–Trinajstić information content (AvgIpc) is 3.57. The minimum Gasteiger partial charge on any atom is -0.486 e. The third kappa shape index (κ3) is 4.01. The van der Waals surface area contributed by atoms with Crippen LogP contribution in [0.1, 0.15) is 30.1 Å². The van der Waals surface area contributed by atoms with Crippen LogP contribution in [-0.4, -0.2) is 36.8 Å². The monoisotopic (exact) mass is 447 g/mol. The second-order valence-corrected chi connectivity index (χ2v) is 10.5. The lowest BCUT2D eigenvalue weighted by atomic mass is 10.1. The molecule has 7 heteroatoms. The van der Waals surface area contributed by atoms with Gasteiger partial charge in [-0.15, -0.1) is 0 Å². The number of rotatable bonds is 7. The summed E-state index contributed by atoms with van der Waals surface area (Å²) >= 11 is 0. The van der Waals surface area contributed by atoms with Crippen molar-refractivity contribution in [3.63, 3.8) is 0 Å². The summed E-state index contributed by atoms with van der Waals surface area (Å²) < 4.78 is 32.7. The van der Waals surface area contributed by atoms with Crippen LogP contribution in [-0.2, 0) is 16.6 Å². The van der Waals surface area contributed by atoms with Crippen molar-refractivity contribution in [2.45, 2.75) is 30.3 Å². The van der Waals surface area contributed by atoms with Crippen molar-refractivity contribution in [2.24, 2.45) is 0 Å². The largest absolute Gasteiger partial charge is 0.486 e. The molecule has 4 aromatic rings. The third-order valence-electron chi connectivity index (χ3n) is 5.79. The molecule has 0 bridgehead atoms. The van der Waals surface area contributed by atoms with Gasteiger partial charge in [-0.1, -0.05) is 36.4 Å². The fourth-order valence-electron chi connectivity index (χ4n) is 3.83. The molecule has 5 rings (SSSR count). The molecule has 1 aliphatic rings. The first-order valence-corrected chi connectivity index (χ1v) is 12.1. The summed E-state index contributed by atoms with van der Waals surface area (Å²) in [7, 11) is -0.485. The molecule has 32 heavy (non-hydrogen) atoms. The Balaban J connectivity index is 1.39. The number of aromatic amines is 1. The van der Waals surface area contributed by atoms with Crippen molar-refractivity contribution >= 4 is 21.1 Å². The molecule has 3 aromatic carbocycles. The third-order valence-corrected chi connectivity index (χ3v) is 7.67. The van der Waals surface area contributed by atoms with E-state index in [0.717, 1.165) is 34.1 Å². The van der Waals surface area contributed by atoms with Gasteiger partial charge in [-0.25, -0.2) is 17.7 Å². The maximum atomic E-state index is 12.8. The number of sulfonamides is 1. The van der Waals surface area contributed by atoms with Gasteiger partial charge < -0.3 is 9.72 Å². The van der Waals surface area contributed by atoms with Gasteiger partial charge in [0.15, 0.2) is 0 Å². The highest BCUT2D eigenvalue weighted by Gasteiger charge is 2.23. The topological polar surface area (TPSA) is 75.3 Å². The van der Waals surface area contributed by atoms with Gasteiger partial charge in [0.25, 0.3) is 0 Å². The summed E-state index contributed by atoms with van der Waals surface area (Å²) in [5, 5.41) is 0. The summed E-state index contributed by atoms with van der Waals surface area (Å²) in [6.07, 6.45) is 2.57. The maximum absolute atomic E-state index is 12.8. The molecule has 0 radical (unpaired) electrons. The van der Waals surface area contributed by atoms with Gasteiger partial charge in [-0.05, 0) is 60.2 Å². The molecule has 1 aromatic heterocycles. The standard InChI is InChI=1S/C25H25N3O3S/c1-28(2)32(29,30)24-6-4-3-5-21(24)19-11-14-22-23(15-19)27-25(26-22)16-31-20-12-9-18(10-13-20)17-7-8-17/h3-6,9-15,17H,7-8,16H2,1-2H3,(H,26,27). The van der Waals surface area contributed by atoms with E-state index in [2.05, 4.69) is 22.1 Å². The van der Waals surface area contributed by atoms with Gasteiger partial charge in [-0.2, -0.15) is 0 Å². The van der Waals surface area contributed by atoms with Crippen LogP contribution in [0.4, 0.5) is 0 Å². The Bertz CT molecular complexity index is 1370. The van der Waals surface area contributed by atoms with E-state index in [4.69, 9.17) is 4.74 Å². The fraction of sp³-hybridized carbons (Fsp3) is 0.240. The van der Waals surface area contributed by atoms with Crippen molar-refractivity contribution < 1.29 is 13.2 Å². The van der Waals surface area contributed by atoms with Crippen LogP contribution in [0.3, 0.4) is 0 Å². The van der Waals surface area contributed by atoms with Gasteiger partial charge in [0, 0.05) is 19.7 Å². The quantitative estimate of drug-likeness (QED) is 0.436. The van der Waals surface area contributed by atoms with Crippen molar-refractivity contribution in [1.82, 2.24) is 14.3 Å². The van der Waals surface area contributed by atoms with Gasteiger partial charge in [0.05, 0.1) is 15.9 Å². The first-order chi connectivity index (χ1) is 15.4. The summed E-state index contributed by atoms with van der Waals surface area (Å²) in [6, 6.07) is 21.1. The molecular weight excluding hydrogens is 422 g/mol. The van der Waals surface area contributed by atoms with Crippen molar-refractivity contribution in [3.05, 3.63) is 78.1 Å². The first-order valence-electron chi connectivity index (χ1n) is 10.6. The minimum absolute atomic E-state index is 0.280. The summed E-state index contributed by atoms with van der Waals surface area (Å²) in [5.74, 6) is 2.27. The Morgan fingerprint density at radius 2 is 1.78 bits per heavy atom. The van der Waals surface area contributed by atoms with Crippen LogP contribution in [0.5, 0.6) is 5.75 Å². The summed E-state index contributed by atoms with van der Waals surface area (Å²) in [4.78, 5) is 8.19. The lowest BCUT2D eigenvalue weighted by Crippen LogP contribution is -2.22. The van der Waals surface area contributed by atoms with Crippen LogP contribution in [0, 0.1) is 0 Å². The lowest BCUT2D eigenvalue weighted by molar-refractivity contribution is 0.297. The van der Waals surface area contributed by atoms with Crippen LogP contribution >= 0.6 is 0 Å². The second-order valence-electron chi connectivity index (χ2n) is 8.33. The van der Waals surface area contributed by atoms with Gasteiger partial charge in [0.1, 0.15) is 18.2 Å². The summed E-state index contributed by atoms with van der Waals surface area (Å²) in [6.45, 7) is 0.332. The number of ether oxygens (including phenoxy) is 1. The van der Waals surface area contributed by atoms with Gasteiger partial charge in [-0.3, -0.25) is 0 Å². The molecule has 1 heterocycles. The van der Waals surface area contributed by atoms with Crippen LogP contribution in [0.15, 0.2) is 71.6 Å². The highest BCUT2D eigenvalue weighted by atomic mass is 32.2. The molecule has 0 atom stereocenters. The minimum atomic E-state index is -3.56. The van der Waals surface area contributed by atoms with Crippen LogP contribution in [0.2, 0.25) is 0 Å². The second kappa shape index (κ2) is 8.07. The Kier molecular flexibility index (Phi) is 5.23. The van der Waals surface area contributed by atoms with E-state index < -0.39 is 10.0 Å². The van der Waals surface area contributed by atoms with E-state index in [1.165, 1.54) is 36.8 Å². The first kappa shape index (κ1) is 20.7. The van der Waals surface area contributed by atoms with E-state index in [1.807, 2.05) is 42.5 Å². The number of H-pyrrole nitrogens is 1. The average molecular weight is 448 g/mol.